The quantitative estimate of drug-likeness (QED) is 0.621. The summed E-state index contributed by atoms with van der Waals surface area (Å²) in [5, 5.41) is 0. The molecule has 0 atom stereocenters. The van der Waals surface area contributed by atoms with Crippen molar-refractivity contribution in [2.24, 2.45) is 5.41 Å². The first kappa shape index (κ1) is 9.01. The Kier molecular flexibility index (Phi) is 2.90. The lowest BCUT2D eigenvalue weighted by atomic mass is 9.92. The van der Waals surface area contributed by atoms with Gasteiger partial charge >= 0.3 is 0 Å². The van der Waals surface area contributed by atoms with Crippen LogP contribution in [0.5, 0.6) is 0 Å². The molecule has 0 aromatic heterocycles. The Hall–Kier alpha value is -0.0800. The highest BCUT2D eigenvalue weighted by Crippen LogP contribution is 2.21. The standard InChI is InChI=1S/C9H18O2/c1-4-9(2,3)7-11-8-5-10-6-8/h8H,4-7H2,1-3H3. The summed E-state index contributed by atoms with van der Waals surface area (Å²) < 4.78 is 10.6. The van der Waals surface area contributed by atoms with E-state index in [0.717, 1.165) is 19.8 Å². The van der Waals surface area contributed by atoms with E-state index < -0.39 is 0 Å². The van der Waals surface area contributed by atoms with Crippen molar-refractivity contribution in [3.05, 3.63) is 0 Å². The summed E-state index contributed by atoms with van der Waals surface area (Å²) in [4.78, 5) is 0. The Morgan fingerprint density at radius 1 is 1.45 bits per heavy atom. The van der Waals surface area contributed by atoms with Gasteiger partial charge in [-0.15, -0.1) is 0 Å². The van der Waals surface area contributed by atoms with Crippen LogP contribution in [0, 0.1) is 5.41 Å². The summed E-state index contributed by atoms with van der Waals surface area (Å²) in [6.45, 7) is 9.09. The fourth-order valence-corrected chi connectivity index (χ4v) is 0.756. The number of hydrogen-bond donors (Lipinski definition) is 0. The molecule has 2 nitrogen and oxygen atoms in total. The van der Waals surface area contributed by atoms with Crippen LogP contribution in [-0.4, -0.2) is 25.9 Å². The summed E-state index contributed by atoms with van der Waals surface area (Å²) in [5.74, 6) is 0. The van der Waals surface area contributed by atoms with Gasteiger partial charge in [0.2, 0.25) is 0 Å². The highest BCUT2D eigenvalue weighted by Gasteiger charge is 2.23. The molecule has 1 aliphatic rings. The van der Waals surface area contributed by atoms with Crippen LogP contribution in [0.15, 0.2) is 0 Å². The van der Waals surface area contributed by atoms with E-state index in [4.69, 9.17) is 9.47 Å². The third-order valence-electron chi connectivity index (χ3n) is 2.27. The van der Waals surface area contributed by atoms with E-state index in [9.17, 15) is 0 Å². The van der Waals surface area contributed by atoms with E-state index in [0.29, 0.717) is 11.5 Å². The molecule has 0 unspecified atom stereocenters. The van der Waals surface area contributed by atoms with Crippen LogP contribution in [0.4, 0.5) is 0 Å². The Morgan fingerprint density at radius 3 is 2.45 bits per heavy atom. The largest absolute Gasteiger partial charge is 0.376 e. The van der Waals surface area contributed by atoms with Crippen molar-refractivity contribution in [3.63, 3.8) is 0 Å². The molecule has 11 heavy (non-hydrogen) atoms. The monoisotopic (exact) mass is 158 g/mol. The van der Waals surface area contributed by atoms with Crippen molar-refractivity contribution in [1.82, 2.24) is 0 Å². The van der Waals surface area contributed by atoms with Gasteiger partial charge < -0.3 is 9.47 Å². The summed E-state index contributed by atoms with van der Waals surface area (Å²) in [6, 6.07) is 0. The molecule has 0 saturated carbocycles. The molecule has 0 N–H and O–H groups in total. The van der Waals surface area contributed by atoms with Crippen LogP contribution >= 0.6 is 0 Å². The van der Waals surface area contributed by atoms with Crippen molar-refractivity contribution in [2.75, 3.05) is 19.8 Å². The molecule has 0 amide bonds. The summed E-state index contributed by atoms with van der Waals surface area (Å²) in [5.41, 5.74) is 0.329. The van der Waals surface area contributed by atoms with Crippen molar-refractivity contribution in [1.29, 1.82) is 0 Å². The average molecular weight is 158 g/mol. The van der Waals surface area contributed by atoms with Gasteiger partial charge in [-0.3, -0.25) is 0 Å². The average Bonchev–Trinajstić information content (AvgIpc) is 1.84. The predicted octanol–water partition coefficient (Wildman–Crippen LogP) is 1.84. The normalized spacial score (nSPS) is 19.9. The molecule has 66 valence electrons. The summed E-state index contributed by atoms with van der Waals surface area (Å²) in [6.07, 6.45) is 1.54. The lowest BCUT2D eigenvalue weighted by Gasteiger charge is -2.30. The van der Waals surface area contributed by atoms with Crippen LogP contribution in [0.25, 0.3) is 0 Å². The Morgan fingerprint density at radius 2 is 2.09 bits per heavy atom. The highest BCUT2D eigenvalue weighted by molar-refractivity contribution is 4.69. The summed E-state index contributed by atoms with van der Waals surface area (Å²) >= 11 is 0. The third kappa shape index (κ3) is 2.80. The lowest BCUT2D eigenvalue weighted by molar-refractivity contribution is -0.143. The Balaban J connectivity index is 2.09. The maximum absolute atomic E-state index is 5.61. The van der Waals surface area contributed by atoms with Crippen LogP contribution < -0.4 is 0 Å². The summed E-state index contributed by atoms with van der Waals surface area (Å²) in [7, 11) is 0. The second kappa shape index (κ2) is 3.55. The van der Waals surface area contributed by atoms with Gasteiger partial charge in [-0.25, -0.2) is 0 Å². The molecule has 0 radical (unpaired) electrons. The Bertz CT molecular complexity index is 117. The second-order valence-electron chi connectivity index (χ2n) is 3.99. The minimum Gasteiger partial charge on any atom is -0.376 e. The van der Waals surface area contributed by atoms with E-state index in [1.165, 1.54) is 6.42 Å². The smallest absolute Gasteiger partial charge is 0.104 e. The topological polar surface area (TPSA) is 18.5 Å². The minimum atomic E-state index is 0.329. The van der Waals surface area contributed by atoms with Gasteiger partial charge in [0, 0.05) is 0 Å². The zero-order chi connectivity index (χ0) is 8.32. The molecule has 0 aromatic rings. The van der Waals surface area contributed by atoms with Crippen molar-refractivity contribution < 1.29 is 9.47 Å². The van der Waals surface area contributed by atoms with Crippen LogP contribution in [0.3, 0.4) is 0 Å². The molecule has 0 aliphatic carbocycles. The van der Waals surface area contributed by atoms with Crippen LogP contribution in [0.1, 0.15) is 27.2 Å². The zero-order valence-corrected chi connectivity index (χ0v) is 7.72. The molecule has 1 fully saturated rings. The van der Waals surface area contributed by atoms with E-state index in [2.05, 4.69) is 20.8 Å². The van der Waals surface area contributed by atoms with E-state index >= 15 is 0 Å². The van der Waals surface area contributed by atoms with Crippen molar-refractivity contribution in [3.8, 4) is 0 Å². The lowest BCUT2D eigenvalue weighted by Crippen LogP contribution is -2.38. The van der Waals surface area contributed by atoms with Crippen molar-refractivity contribution in [2.45, 2.75) is 33.3 Å². The number of ether oxygens (including phenoxy) is 2. The molecule has 1 aliphatic heterocycles. The SMILES string of the molecule is CCC(C)(C)COC1COC1. The first-order chi connectivity index (χ1) is 5.14. The van der Waals surface area contributed by atoms with Crippen LogP contribution in [-0.2, 0) is 9.47 Å². The molecule has 1 heterocycles. The van der Waals surface area contributed by atoms with Gasteiger partial charge in [0.05, 0.1) is 19.8 Å². The maximum Gasteiger partial charge on any atom is 0.104 e. The minimum absolute atomic E-state index is 0.329. The Labute approximate surface area is 68.9 Å². The fourth-order valence-electron chi connectivity index (χ4n) is 0.756. The van der Waals surface area contributed by atoms with Gasteiger partial charge in [-0.1, -0.05) is 20.8 Å². The van der Waals surface area contributed by atoms with Crippen LogP contribution in [0.2, 0.25) is 0 Å². The van der Waals surface area contributed by atoms with E-state index in [1.54, 1.807) is 0 Å². The number of rotatable bonds is 4. The molecule has 0 spiro atoms. The highest BCUT2D eigenvalue weighted by atomic mass is 16.6. The van der Waals surface area contributed by atoms with Gasteiger partial charge in [0.25, 0.3) is 0 Å². The molecule has 1 saturated heterocycles. The van der Waals surface area contributed by atoms with Gasteiger partial charge in [0.15, 0.2) is 0 Å². The van der Waals surface area contributed by atoms with Crippen molar-refractivity contribution >= 4 is 0 Å². The second-order valence-corrected chi connectivity index (χ2v) is 3.99. The van der Waals surface area contributed by atoms with E-state index in [1.807, 2.05) is 0 Å². The van der Waals surface area contributed by atoms with Gasteiger partial charge in [0.1, 0.15) is 6.10 Å². The zero-order valence-electron chi connectivity index (χ0n) is 7.72. The molecule has 0 bridgehead atoms. The molecule has 0 aromatic carbocycles. The number of hydrogen-bond acceptors (Lipinski definition) is 2. The molecule has 2 heteroatoms. The van der Waals surface area contributed by atoms with Gasteiger partial charge in [-0.2, -0.15) is 0 Å². The third-order valence-corrected chi connectivity index (χ3v) is 2.27. The molecular weight excluding hydrogens is 140 g/mol. The fraction of sp³-hybridized carbons (Fsp3) is 1.00. The van der Waals surface area contributed by atoms with Gasteiger partial charge in [-0.05, 0) is 11.8 Å². The first-order valence-electron chi connectivity index (χ1n) is 4.33. The maximum atomic E-state index is 5.61. The molecular formula is C9H18O2. The predicted molar refractivity (Wildman–Crippen MR) is 44.6 cm³/mol. The first-order valence-corrected chi connectivity index (χ1v) is 4.33. The molecule has 1 rings (SSSR count). The van der Waals surface area contributed by atoms with E-state index in [-0.39, 0.29) is 0 Å².